The van der Waals surface area contributed by atoms with Gasteiger partial charge in [-0.05, 0) is 36.4 Å². The molecule has 106 valence electrons. The molecule has 1 N–H and O–H groups in total. The minimum atomic E-state index is -0.189. The fourth-order valence-electron chi connectivity index (χ4n) is 2.39. The van der Waals surface area contributed by atoms with Crippen LogP contribution in [0.4, 0.5) is 4.39 Å². The molecule has 2 rings (SSSR count). The Bertz CT molecular complexity index is 560. The molecule has 0 aliphatic rings. The summed E-state index contributed by atoms with van der Waals surface area (Å²) in [4.78, 5) is 4.03. The molecule has 2 nitrogen and oxygen atoms in total. The predicted octanol–water partition coefficient (Wildman–Crippen LogP) is 4.44. The molecule has 0 aliphatic carbocycles. The molecular formula is C16H18BrFN2. The Morgan fingerprint density at radius 1 is 1.25 bits per heavy atom. The summed E-state index contributed by atoms with van der Waals surface area (Å²) < 4.78 is 15.0. The van der Waals surface area contributed by atoms with Gasteiger partial charge in [-0.25, -0.2) is 4.39 Å². The van der Waals surface area contributed by atoms with E-state index in [0.29, 0.717) is 5.56 Å². The number of aromatic nitrogens is 1. The summed E-state index contributed by atoms with van der Waals surface area (Å²) in [6.45, 7) is 4.92. The van der Waals surface area contributed by atoms with Gasteiger partial charge in [-0.2, -0.15) is 0 Å². The first-order valence-electron chi connectivity index (χ1n) is 6.71. The van der Waals surface area contributed by atoms with Crippen molar-refractivity contribution in [1.82, 2.24) is 10.3 Å². The highest BCUT2D eigenvalue weighted by molar-refractivity contribution is 9.10. The lowest BCUT2D eigenvalue weighted by Gasteiger charge is -2.26. The highest BCUT2D eigenvalue weighted by Gasteiger charge is 2.22. The van der Waals surface area contributed by atoms with Crippen molar-refractivity contribution >= 4 is 15.9 Å². The molecule has 2 atom stereocenters. The van der Waals surface area contributed by atoms with Gasteiger partial charge in [0.2, 0.25) is 0 Å². The van der Waals surface area contributed by atoms with Gasteiger partial charge in [0, 0.05) is 34.4 Å². The Morgan fingerprint density at radius 3 is 2.55 bits per heavy atom. The van der Waals surface area contributed by atoms with Crippen LogP contribution in [0.5, 0.6) is 0 Å². The number of pyridine rings is 1. The first kappa shape index (κ1) is 15.1. The molecule has 2 unspecified atom stereocenters. The van der Waals surface area contributed by atoms with E-state index in [0.717, 1.165) is 16.6 Å². The van der Waals surface area contributed by atoms with Crippen LogP contribution < -0.4 is 5.32 Å². The molecule has 0 radical (unpaired) electrons. The second kappa shape index (κ2) is 6.95. The van der Waals surface area contributed by atoms with Crippen LogP contribution in [0.1, 0.15) is 36.9 Å². The lowest BCUT2D eigenvalue weighted by molar-refractivity contribution is 0.455. The average Bonchev–Trinajstić information content (AvgIpc) is 2.46. The van der Waals surface area contributed by atoms with E-state index in [2.05, 4.69) is 33.2 Å². The van der Waals surface area contributed by atoms with Crippen LogP contribution in [0.25, 0.3) is 0 Å². The van der Waals surface area contributed by atoms with E-state index in [9.17, 15) is 4.39 Å². The van der Waals surface area contributed by atoms with Crippen LogP contribution in [0.15, 0.2) is 47.2 Å². The normalized spacial score (nSPS) is 14.0. The van der Waals surface area contributed by atoms with Gasteiger partial charge in [0.1, 0.15) is 5.82 Å². The van der Waals surface area contributed by atoms with E-state index in [-0.39, 0.29) is 17.8 Å². The molecule has 0 saturated heterocycles. The largest absolute Gasteiger partial charge is 0.310 e. The lowest BCUT2D eigenvalue weighted by atomic mass is 9.88. The van der Waals surface area contributed by atoms with Crippen LogP contribution in [0.3, 0.4) is 0 Å². The summed E-state index contributed by atoms with van der Waals surface area (Å²) in [6.07, 6.45) is 3.54. The lowest BCUT2D eigenvalue weighted by Crippen LogP contribution is -2.26. The first-order chi connectivity index (χ1) is 9.63. The van der Waals surface area contributed by atoms with E-state index in [1.807, 2.05) is 31.2 Å². The van der Waals surface area contributed by atoms with Crippen molar-refractivity contribution in [3.8, 4) is 0 Å². The Hall–Kier alpha value is -1.26. The smallest absolute Gasteiger partial charge is 0.129 e. The van der Waals surface area contributed by atoms with Crippen molar-refractivity contribution in [2.45, 2.75) is 25.8 Å². The molecule has 1 heterocycles. The van der Waals surface area contributed by atoms with Crippen LogP contribution in [0.2, 0.25) is 0 Å². The standard InChI is InChI=1S/C16H18BrFN2/c1-3-20-16(11(2)12-6-8-19-9-7-12)14-5-4-13(17)10-15(14)18/h4-11,16,20H,3H2,1-2H3. The van der Waals surface area contributed by atoms with Gasteiger partial charge in [0.05, 0.1) is 0 Å². The van der Waals surface area contributed by atoms with Crippen molar-refractivity contribution in [3.63, 3.8) is 0 Å². The zero-order valence-corrected chi connectivity index (χ0v) is 13.2. The van der Waals surface area contributed by atoms with Gasteiger partial charge in [0.25, 0.3) is 0 Å². The van der Waals surface area contributed by atoms with Crippen LogP contribution in [-0.2, 0) is 0 Å². The van der Waals surface area contributed by atoms with Gasteiger partial charge < -0.3 is 5.32 Å². The van der Waals surface area contributed by atoms with Crippen molar-refractivity contribution < 1.29 is 4.39 Å². The Labute approximate surface area is 127 Å². The number of nitrogens with one attached hydrogen (secondary N) is 1. The molecule has 1 aromatic carbocycles. The average molecular weight is 337 g/mol. The first-order valence-corrected chi connectivity index (χ1v) is 7.51. The second-order valence-corrected chi connectivity index (χ2v) is 5.69. The SMILES string of the molecule is CCNC(c1ccc(Br)cc1F)C(C)c1ccncc1. The monoisotopic (exact) mass is 336 g/mol. The van der Waals surface area contributed by atoms with E-state index in [1.165, 1.54) is 6.07 Å². The third kappa shape index (κ3) is 3.44. The minimum absolute atomic E-state index is 0.0597. The predicted molar refractivity (Wildman–Crippen MR) is 83.2 cm³/mol. The Balaban J connectivity index is 2.35. The molecule has 4 heteroatoms. The molecule has 0 saturated carbocycles. The van der Waals surface area contributed by atoms with Gasteiger partial charge in [-0.1, -0.05) is 35.8 Å². The highest BCUT2D eigenvalue weighted by atomic mass is 79.9. The van der Waals surface area contributed by atoms with E-state index < -0.39 is 0 Å². The molecule has 0 fully saturated rings. The van der Waals surface area contributed by atoms with E-state index in [4.69, 9.17) is 0 Å². The molecular weight excluding hydrogens is 319 g/mol. The fraction of sp³-hybridized carbons (Fsp3) is 0.312. The van der Waals surface area contributed by atoms with E-state index in [1.54, 1.807) is 12.4 Å². The molecule has 1 aromatic heterocycles. The van der Waals surface area contributed by atoms with Crippen molar-refractivity contribution in [1.29, 1.82) is 0 Å². The summed E-state index contributed by atoms with van der Waals surface area (Å²) >= 11 is 3.30. The highest BCUT2D eigenvalue weighted by Crippen LogP contribution is 2.32. The summed E-state index contributed by atoms with van der Waals surface area (Å²) in [7, 11) is 0. The van der Waals surface area contributed by atoms with Gasteiger partial charge in [-0.15, -0.1) is 0 Å². The Kier molecular flexibility index (Phi) is 5.26. The third-order valence-corrected chi connectivity index (χ3v) is 3.95. The zero-order valence-electron chi connectivity index (χ0n) is 11.6. The maximum Gasteiger partial charge on any atom is 0.129 e. The summed E-state index contributed by atoms with van der Waals surface area (Å²) in [5, 5.41) is 3.38. The van der Waals surface area contributed by atoms with Crippen LogP contribution in [0, 0.1) is 5.82 Å². The number of nitrogens with zero attached hydrogens (tertiary/aromatic N) is 1. The number of rotatable bonds is 5. The minimum Gasteiger partial charge on any atom is -0.310 e. The van der Waals surface area contributed by atoms with Crippen molar-refractivity contribution in [3.05, 3.63) is 64.1 Å². The summed E-state index contributed by atoms with van der Waals surface area (Å²) in [5.74, 6) is -0.0279. The molecule has 0 bridgehead atoms. The third-order valence-electron chi connectivity index (χ3n) is 3.45. The zero-order chi connectivity index (χ0) is 14.5. The number of likely N-dealkylation sites (N-methyl/N-ethyl adjacent to an activating group) is 1. The maximum atomic E-state index is 14.2. The van der Waals surface area contributed by atoms with Crippen molar-refractivity contribution in [2.75, 3.05) is 6.54 Å². The molecule has 0 spiro atoms. The number of benzene rings is 1. The quantitative estimate of drug-likeness (QED) is 0.873. The van der Waals surface area contributed by atoms with Gasteiger partial charge in [0.15, 0.2) is 0 Å². The maximum absolute atomic E-state index is 14.2. The molecule has 0 amide bonds. The second-order valence-electron chi connectivity index (χ2n) is 4.77. The number of hydrogen-bond acceptors (Lipinski definition) is 2. The fourth-order valence-corrected chi connectivity index (χ4v) is 2.72. The summed E-state index contributed by atoms with van der Waals surface area (Å²) in [5.41, 5.74) is 1.84. The number of halogens is 2. The van der Waals surface area contributed by atoms with Crippen molar-refractivity contribution in [2.24, 2.45) is 0 Å². The van der Waals surface area contributed by atoms with Gasteiger partial charge >= 0.3 is 0 Å². The summed E-state index contributed by atoms with van der Waals surface area (Å²) in [6, 6.07) is 9.12. The van der Waals surface area contributed by atoms with Crippen LogP contribution >= 0.6 is 15.9 Å². The topological polar surface area (TPSA) is 24.9 Å². The molecule has 20 heavy (non-hydrogen) atoms. The van der Waals surface area contributed by atoms with Gasteiger partial charge in [-0.3, -0.25) is 4.98 Å². The Morgan fingerprint density at radius 2 is 1.95 bits per heavy atom. The number of hydrogen-bond donors (Lipinski definition) is 1. The van der Waals surface area contributed by atoms with E-state index >= 15 is 0 Å². The molecule has 0 aliphatic heterocycles. The van der Waals surface area contributed by atoms with Crippen LogP contribution in [-0.4, -0.2) is 11.5 Å². The molecule has 2 aromatic rings.